The van der Waals surface area contributed by atoms with Gasteiger partial charge in [0.05, 0.1) is 12.3 Å². The van der Waals surface area contributed by atoms with Gasteiger partial charge in [-0.15, -0.1) is 0 Å². The summed E-state index contributed by atoms with van der Waals surface area (Å²) >= 11 is 0. The zero-order chi connectivity index (χ0) is 18.7. The number of nitrogens with zero attached hydrogens (tertiary/aromatic N) is 2. The predicted molar refractivity (Wildman–Crippen MR) is 89.7 cm³/mol. The normalized spacial score (nSPS) is 18.5. The van der Waals surface area contributed by atoms with Gasteiger partial charge in [0.25, 0.3) is 0 Å². The third-order valence-electron chi connectivity index (χ3n) is 4.33. The monoisotopic (exact) mass is 353 g/mol. The van der Waals surface area contributed by atoms with Crippen molar-refractivity contribution < 1.29 is 24.2 Å². The number of hydrogen-bond donors (Lipinski definition) is 2. The zero-order valence-electron chi connectivity index (χ0n) is 15.2. The number of esters is 1. The third-order valence-corrected chi connectivity index (χ3v) is 4.33. The Hall–Kier alpha value is -2.09. The molecule has 2 rings (SSSR count). The van der Waals surface area contributed by atoms with Gasteiger partial charge in [0.1, 0.15) is 17.1 Å². The zero-order valence-corrected chi connectivity index (χ0v) is 15.2. The predicted octanol–water partition coefficient (Wildman–Crippen LogP) is 2.02. The number of carbonyl (C=O) groups excluding carboxylic acids is 2. The molecule has 1 aromatic heterocycles. The summed E-state index contributed by atoms with van der Waals surface area (Å²) in [6.45, 7) is 7.98. The molecule has 1 fully saturated rings. The van der Waals surface area contributed by atoms with Gasteiger partial charge in [-0.05, 0) is 46.6 Å². The quantitative estimate of drug-likeness (QED) is 0.803. The van der Waals surface area contributed by atoms with Crippen molar-refractivity contribution in [1.82, 2.24) is 15.1 Å². The van der Waals surface area contributed by atoms with Crippen LogP contribution in [0.15, 0.2) is 12.3 Å². The molecule has 1 unspecified atom stereocenters. The van der Waals surface area contributed by atoms with Crippen LogP contribution in [0.5, 0.6) is 0 Å². The van der Waals surface area contributed by atoms with Crippen LogP contribution in [-0.2, 0) is 14.3 Å². The fourth-order valence-electron chi connectivity index (χ4n) is 3.00. The summed E-state index contributed by atoms with van der Waals surface area (Å²) in [5, 5.41) is 17.3. The van der Waals surface area contributed by atoms with E-state index in [9.17, 15) is 14.7 Å². The number of hydrogen-bond acceptors (Lipinski definition) is 6. The first-order valence-electron chi connectivity index (χ1n) is 8.52. The Balaban J connectivity index is 2.15. The summed E-state index contributed by atoms with van der Waals surface area (Å²) in [5.74, 6) is -0.457. The molecule has 1 amide bonds. The van der Waals surface area contributed by atoms with Crippen LogP contribution < -0.4 is 0 Å². The summed E-state index contributed by atoms with van der Waals surface area (Å²) in [6, 6.07) is 1.63. The SMILES string of the molecule is CCOC(=O)C1(C(O)c2ccn[nH]2)CCN(C(=O)OC(C)(C)C)CC1. The van der Waals surface area contributed by atoms with Gasteiger partial charge in [-0.2, -0.15) is 5.10 Å². The number of aromatic amines is 1. The maximum absolute atomic E-state index is 12.6. The van der Waals surface area contributed by atoms with Crippen LogP contribution in [-0.4, -0.2) is 57.6 Å². The lowest BCUT2D eigenvalue weighted by atomic mass is 9.72. The number of ether oxygens (including phenoxy) is 2. The molecule has 1 saturated heterocycles. The molecular weight excluding hydrogens is 326 g/mol. The van der Waals surface area contributed by atoms with E-state index in [1.54, 1.807) is 38.7 Å². The maximum Gasteiger partial charge on any atom is 0.410 e. The highest BCUT2D eigenvalue weighted by Gasteiger charge is 2.50. The van der Waals surface area contributed by atoms with E-state index in [1.165, 1.54) is 6.20 Å². The molecule has 8 heteroatoms. The highest BCUT2D eigenvalue weighted by atomic mass is 16.6. The Kier molecular flexibility index (Phi) is 5.72. The highest BCUT2D eigenvalue weighted by Crippen LogP contribution is 2.43. The summed E-state index contributed by atoms with van der Waals surface area (Å²) in [6.07, 6.45) is 0.597. The van der Waals surface area contributed by atoms with Crippen LogP contribution in [0.25, 0.3) is 0 Å². The smallest absolute Gasteiger partial charge is 0.410 e. The minimum Gasteiger partial charge on any atom is -0.465 e. The van der Waals surface area contributed by atoms with Gasteiger partial charge < -0.3 is 19.5 Å². The second kappa shape index (κ2) is 7.43. The van der Waals surface area contributed by atoms with Crippen molar-refractivity contribution in [2.75, 3.05) is 19.7 Å². The Morgan fingerprint density at radius 2 is 2.04 bits per heavy atom. The van der Waals surface area contributed by atoms with E-state index < -0.39 is 29.2 Å². The van der Waals surface area contributed by atoms with Gasteiger partial charge in [0.15, 0.2) is 0 Å². The van der Waals surface area contributed by atoms with Crippen LogP contribution in [0, 0.1) is 5.41 Å². The van der Waals surface area contributed by atoms with Gasteiger partial charge in [0, 0.05) is 19.3 Å². The number of aliphatic hydroxyl groups excluding tert-OH is 1. The standard InChI is InChI=1S/C17H27N3O5/c1-5-24-14(22)17(13(21)12-6-9-18-19-12)7-10-20(11-8-17)15(23)25-16(2,3)4/h6,9,13,21H,5,7-8,10-11H2,1-4H3,(H,18,19). The van der Waals surface area contributed by atoms with Crippen LogP contribution in [0.4, 0.5) is 4.79 Å². The Labute approximate surface area is 147 Å². The van der Waals surface area contributed by atoms with Gasteiger partial charge in [0.2, 0.25) is 0 Å². The molecule has 25 heavy (non-hydrogen) atoms. The van der Waals surface area contributed by atoms with E-state index in [2.05, 4.69) is 10.2 Å². The molecule has 1 atom stereocenters. The fourth-order valence-corrected chi connectivity index (χ4v) is 3.00. The van der Waals surface area contributed by atoms with E-state index in [0.29, 0.717) is 18.8 Å². The molecule has 0 radical (unpaired) electrons. The number of H-pyrrole nitrogens is 1. The number of piperidine rings is 1. The van der Waals surface area contributed by atoms with Crippen molar-refractivity contribution in [3.8, 4) is 0 Å². The van der Waals surface area contributed by atoms with Gasteiger partial charge in [-0.25, -0.2) is 4.79 Å². The van der Waals surface area contributed by atoms with Crippen molar-refractivity contribution in [2.45, 2.75) is 52.2 Å². The van der Waals surface area contributed by atoms with Crippen LogP contribution in [0.2, 0.25) is 0 Å². The van der Waals surface area contributed by atoms with Crippen molar-refractivity contribution >= 4 is 12.1 Å². The molecular formula is C17H27N3O5. The van der Waals surface area contributed by atoms with Crippen molar-refractivity contribution in [3.63, 3.8) is 0 Å². The van der Waals surface area contributed by atoms with E-state index in [1.807, 2.05) is 0 Å². The number of aromatic nitrogens is 2. The van der Waals surface area contributed by atoms with E-state index in [0.717, 1.165) is 0 Å². The molecule has 140 valence electrons. The summed E-state index contributed by atoms with van der Waals surface area (Å²) < 4.78 is 10.6. The lowest BCUT2D eigenvalue weighted by Crippen LogP contribution is -2.51. The first-order valence-corrected chi connectivity index (χ1v) is 8.52. The number of rotatable bonds is 4. The third kappa shape index (κ3) is 4.31. The molecule has 2 heterocycles. The molecule has 0 bridgehead atoms. The second-order valence-electron chi connectivity index (χ2n) is 7.26. The molecule has 0 aliphatic carbocycles. The number of likely N-dealkylation sites (tertiary alicyclic amines) is 1. The molecule has 2 N–H and O–H groups in total. The topological polar surface area (TPSA) is 105 Å². The number of nitrogens with one attached hydrogen (secondary N) is 1. The van der Waals surface area contributed by atoms with Crippen molar-refractivity contribution in [3.05, 3.63) is 18.0 Å². The molecule has 8 nitrogen and oxygen atoms in total. The molecule has 0 saturated carbocycles. The Morgan fingerprint density at radius 1 is 1.40 bits per heavy atom. The lowest BCUT2D eigenvalue weighted by Gasteiger charge is -2.42. The van der Waals surface area contributed by atoms with Crippen molar-refractivity contribution in [2.24, 2.45) is 5.41 Å². The van der Waals surface area contributed by atoms with Crippen LogP contribution in [0.1, 0.15) is 52.3 Å². The molecule has 1 aromatic rings. The Morgan fingerprint density at radius 3 is 2.52 bits per heavy atom. The average Bonchev–Trinajstić information content (AvgIpc) is 3.07. The molecule has 1 aliphatic heterocycles. The second-order valence-corrected chi connectivity index (χ2v) is 7.26. The molecule has 0 aromatic carbocycles. The minimum absolute atomic E-state index is 0.228. The summed E-state index contributed by atoms with van der Waals surface area (Å²) in [5.41, 5.74) is -1.23. The van der Waals surface area contributed by atoms with Gasteiger partial charge in [-0.3, -0.25) is 9.89 Å². The van der Waals surface area contributed by atoms with E-state index >= 15 is 0 Å². The number of amides is 1. The number of carbonyl (C=O) groups is 2. The van der Waals surface area contributed by atoms with E-state index in [4.69, 9.17) is 9.47 Å². The summed E-state index contributed by atoms with van der Waals surface area (Å²) in [7, 11) is 0. The summed E-state index contributed by atoms with van der Waals surface area (Å²) in [4.78, 5) is 26.4. The number of aliphatic hydroxyl groups is 1. The highest BCUT2D eigenvalue weighted by molar-refractivity contribution is 5.78. The Bertz CT molecular complexity index is 586. The largest absolute Gasteiger partial charge is 0.465 e. The van der Waals surface area contributed by atoms with Crippen molar-refractivity contribution in [1.29, 1.82) is 0 Å². The van der Waals surface area contributed by atoms with E-state index in [-0.39, 0.29) is 19.4 Å². The van der Waals surface area contributed by atoms with Gasteiger partial charge >= 0.3 is 12.1 Å². The van der Waals surface area contributed by atoms with Gasteiger partial charge in [-0.1, -0.05) is 0 Å². The first-order chi connectivity index (χ1) is 11.7. The average molecular weight is 353 g/mol. The van der Waals surface area contributed by atoms with Crippen LogP contribution >= 0.6 is 0 Å². The van der Waals surface area contributed by atoms with Crippen LogP contribution in [0.3, 0.4) is 0 Å². The molecule has 1 aliphatic rings. The minimum atomic E-state index is -1.11. The first kappa shape index (κ1) is 19.2. The lowest BCUT2D eigenvalue weighted by molar-refractivity contribution is -0.168. The molecule has 0 spiro atoms. The fraction of sp³-hybridized carbons (Fsp3) is 0.706. The maximum atomic E-state index is 12.6.